The van der Waals surface area contributed by atoms with Crippen molar-refractivity contribution in [3.05, 3.63) is 163 Å². The van der Waals surface area contributed by atoms with Gasteiger partial charge < -0.3 is 19.1 Å². The molecule has 2 aliphatic rings. The van der Waals surface area contributed by atoms with Crippen molar-refractivity contribution in [2.24, 2.45) is 5.41 Å². The molecule has 9 rings (SSSR count). The number of ether oxygens (including phenoxy) is 1. The third kappa shape index (κ3) is 7.67. The fourth-order valence-electron chi connectivity index (χ4n) is 8.49. The van der Waals surface area contributed by atoms with Gasteiger partial charge in [-0.15, -0.1) is 48.3 Å². The van der Waals surface area contributed by atoms with Gasteiger partial charge in [-0.3, -0.25) is 0 Å². The molecule has 5 aromatic carbocycles. The number of aromatic nitrogens is 2. The van der Waals surface area contributed by atoms with Gasteiger partial charge in [0.2, 0.25) is 0 Å². The third-order valence-electron chi connectivity index (χ3n) is 11.8. The molecule has 2 aromatic heterocycles. The fourth-order valence-corrected chi connectivity index (χ4v) is 8.49. The number of hydrogen-bond donors (Lipinski definition) is 0. The second kappa shape index (κ2) is 15.3. The predicted octanol–water partition coefficient (Wildman–Crippen LogP) is 13.4. The van der Waals surface area contributed by atoms with Crippen molar-refractivity contribution < 1.29 is 25.8 Å². The predicted molar refractivity (Wildman–Crippen MR) is 231 cm³/mol. The summed E-state index contributed by atoms with van der Waals surface area (Å²) in [6, 6.07) is 45.9. The van der Waals surface area contributed by atoms with Crippen molar-refractivity contribution in [3.63, 3.8) is 0 Å². The summed E-state index contributed by atoms with van der Waals surface area (Å²) in [6.07, 6.45) is 11.0. The Balaban J connectivity index is 0.00000455. The zero-order valence-electron chi connectivity index (χ0n) is 33.6. The number of aryl methyl sites for hydroxylation is 1. The van der Waals surface area contributed by atoms with Gasteiger partial charge in [0.15, 0.2) is 0 Å². The van der Waals surface area contributed by atoms with E-state index in [4.69, 9.17) is 9.72 Å². The van der Waals surface area contributed by atoms with E-state index in [0.29, 0.717) is 22.8 Å². The molecule has 1 aliphatic heterocycles. The smallest absolute Gasteiger partial charge is 0.135 e. The Morgan fingerprint density at radius 2 is 1.53 bits per heavy atom. The first kappa shape index (κ1) is 38.7. The standard InChI is InChI=1S/C51H49N4O.Pt/c1-35-29-37(36-21-24-51(5,6)25-22-36)19-20-43(35)45-32-42(56-41-16-12-15-40(31-41)54-28-27-53(34-54)39-13-8-7-9-14-39)33-47-49(45)44-17-10-11-18-46(44)55(47)48-30-38(23-26-52-48)50(2,3)4;/h7-20,23,26-30,32,34,36H,21-22,24-25H2,1-6H3;/q-3;. The zero-order chi connectivity index (χ0) is 38.6. The first-order valence-electron chi connectivity index (χ1n) is 19.9. The number of benzene rings is 5. The quantitative estimate of drug-likeness (QED) is 0.149. The molecule has 1 fully saturated rings. The molecule has 1 saturated carbocycles. The minimum atomic E-state index is -0.0342. The third-order valence-corrected chi connectivity index (χ3v) is 11.8. The van der Waals surface area contributed by atoms with E-state index < -0.39 is 0 Å². The first-order chi connectivity index (χ1) is 27.0. The topological polar surface area (TPSA) is 33.5 Å². The van der Waals surface area contributed by atoms with Crippen LogP contribution in [0.5, 0.6) is 11.5 Å². The van der Waals surface area contributed by atoms with E-state index in [-0.39, 0.29) is 26.5 Å². The van der Waals surface area contributed by atoms with E-state index in [1.54, 1.807) is 0 Å². The summed E-state index contributed by atoms with van der Waals surface area (Å²) in [5.41, 5.74) is 10.7. The van der Waals surface area contributed by atoms with Crippen molar-refractivity contribution in [2.45, 2.75) is 78.6 Å². The molecule has 292 valence electrons. The second-order valence-electron chi connectivity index (χ2n) is 17.4. The zero-order valence-corrected chi connectivity index (χ0v) is 35.9. The molecule has 0 N–H and O–H groups in total. The molecule has 6 heteroatoms. The Hall–Kier alpha value is -5.12. The van der Waals surface area contributed by atoms with E-state index in [0.717, 1.165) is 44.6 Å². The van der Waals surface area contributed by atoms with Crippen LogP contribution in [-0.4, -0.2) is 9.55 Å². The van der Waals surface area contributed by atoms with Crippen molar-refractivity contribution in [1.29, 1.82) is 0 Å². The molecule has 1 aliphatic carbocycles. The Kier molecular flexibility index (Phi) is 10.4. The number of pyridine rings is 1. The summed E-state index contributed by atoms with van der Waals surface area (Å²) in [5.74, 6) is 2.71. The SMILES string of the molecule is Cc1cc(C2CCC(C)(C)CC2)ccc1-c1cc(Oc2[c-]c(N3C=CN(c4ccccc4)[CH-]3)ccc2)[c-]c2c1c1ccccc1n2-c1cc(C(C)(C)C)ccn1.[Pt]. The van der Waals surface area contributed by atoms with Crippen LogP contribution in [0.1, 0.15) is 82.9 Å². The summed E-state index contributed by atoms with van der Waals surface area (Å²) < 4.78 is 9.04. The van der Waals surface area contributed by atoms with Gasteiger partial charge in [-0.1, -0.05) is 100 Å². The summed E-state index contributed by atoms with van der Waals surface area (Å²) in [6.45, 7) is 15.9. The van der Waals surface area contributed by atoms with Crippen LogP contribution in [0.3, 0.4) is 0 Å². The van der Waals surface area contributed by atoms with Crippen molar-refractivity contribution in [3.8, 4) is 28.4 Å². The number of para-hydroxylation sites is 2. The van der Waals surface area contributed by atoms with E-state index in [1.165, 1.54) is 47.9 Å². The van der Waals surface area contributed by atoms with E-state index >= 15 is 0 Å². The number of rotatable bonds is 7. The van der Waals surface area contributed by atoms with Crippen LogP contribution >= 0.6 is 0 Å². The van der Waals surface area contributed by atoms with Crippen LogP contribution in [0.15, 0.2) is 128 Å². The van der Waals surface area contributed by atoms with Crippen molar-refractivity contribution in [1.82, 2.24) is 9.55 Å². The minimum absolute atomic E-state index is 0. The van der Waals surface area contributed by atoms with E-state index in [9.17, 15) is 0 Å². The van der Waals surface area contributed by atoms with Crippen LogP contribution in [-0.2, 0) is 26.5 Å². The van der Waals surface area contributed by atoms with Crippen LogP contribution in [0.2, 0.25) is 0 Å². The molecular weight excluding hydrogens is 880 g/mol. The molecule has 0 saturated heterocycles. The molecular formula is C51H49N4OPt-3. The van der Waals surface area contributed by atoms with Crippen LogP contribution in [0, 0.1) is 31.1 Å². The molecule has 7 aromatic rings. The molecule has 0 spiro atoms. The fraction of sp³-hybridized carbons (Fsp3) is 0.255. The molecule has 0 radical (unpaired) electrons. The largest absolute Gasteiger partial charge is 0.509 e. The van der Waals surface area contributed by atoms with E-state index in [2.05, 4.69) is 154 Å². The van der Waals surface area contributed by atoms with Crippen molar-refractivity contribution >= 4 is 33.2 Å². The normalized spacial score (nSPS) is 15.7. The number of anilines is 2. The molecule has 3 heterocycles. The Morgan fingerprint density at radius 3 is 2.30 bits per heavy atom. The minimum Gasteiger partial charge on any atom is -0.509 e. The first-order valence-corrected chi connectivity index (χ1v) is 19.9. The molecule has 57 heavy (non-hydrogen) atoms. The van der Waals surface area contributed by atoms with Gasteiger partial charge in [0.25, 0.3) is 0 Å². The Labute approximate surface area is 352 Å². The Bertz CT molecular complexity index is 2590. The number of hydrogen-bond acceptors (Lipinski definition) is 4. The average molecular weight is 929 g/mol. The molecule has 0 bridgehead atoms. The summed E-state index contributed by atoms with van der Waals surface area (Å²) in [4.78, 5) is 9.12. The molecule has 0 unspecified atom stereocenters. The molecule has 5 nitrogen and oxygen atoms in total. The van der Waals surface area contributed by atoms with Crippen LogP contribution in [0.4, 0.5) is 11.4 Å². The monoisotopic (exact) mass is 928 g/mol. The second-order valence-corrected chi connectivity index (χ2v) is 17.4. The Morgan fingerprint density at radius 1 is 0.772 bits per heavy atom. The van der Waals surface area contributed by atoms with Gasteiger partial charge in [0.1, 0.15) is 5.82 Å². The van der Waals surface area contributed by atoms with Gasteiger partial charge in [0, 0.05) is 50.0 Å². The number of fused-ring (bicyclic) bond motifs is 3. The maximum Gasteiger partial charge on any atom is 0.135 e. The summed E-state index contributed by atoms with van der Waals surface area (Å²) in [5, 5.41) is 2.30. The summed E-state index contributed by atoms with van der Waals surface area (Å²) >= 11 is 0. The van der Waals surface area contributed by atoms with E-state index in [1.807, 2.05) is 48.8 Å². The summed E-state index contributed by atoms with van der Waals surface area (Å²) in [7, 11) is 0. The van der Waals surface area contributed by atoms with Crippen LogP contribution in [0.25, 0.3) is 38.8 Å². The maximum atomic E-state index is 6.78. The molecule has 0 atom stereocenters. The van der Waals surface area contributed by atoms with Crippen molar-refractivity contribution in [2.75, 3.05) is 9.80 Å². The van der Waals surface area contributed by atoms with Gasteiger partial charge in [-0.05, 0) is 120 Å². The average Bonchev–Trinajstić information content (AvgIpc) is 3.82. The van der Waals surface area contributed by atoms with Gasteiger partial charge in [-0.2, -0.15) is 6.07 Å². The number of nitrogens with zero attached hydrogens (tertiary/aromatic N) is 4. The van der Waals surface area contributed by atoms with Gasteiger partial charge >= 0.3 is 0 Å². The maximum absolute atomic E-state index is 6.78. The van der Waals surface area contributed by atoms with Gasteiger partial charge in [0.05, 0.1) is 0 Å². The van der Waals surface area contributed by atoms with Gasteiger partial charge in [-0.25, -0.2) is 4.98 Å². The van der Waals surface area contributed by atoms with Crippen LogP contribution < -0.4 is 14.5 Å². The molecule has 0 amide bonds.